The Bertz CT molecular complexity index is 2350. The number of aromatic nitrogens is 3. The number of pyridine rings is 1. The van der Waals surface area contributed by atoms with Crippen LogP contribution in [0.4, 0.5) is 17.1 Å². The van der Waals surface area contributed by atoms with E-state index in [0.717, 1.165) is 50.7 Å². The molecule has 0 saturated heterocycles. The van der Waals surface area contributed by atoms with Crippen molar-refractivity contribution in [3.05, 3.63) is 170 Å². The lowest BCUT2D eigenvalue weighted by Crippen LogP contribution is -2.15. The second-order valence-electron chi connectivity index (χ2n) is 11.7. The van der Waals surface area contributed by atoms with Gasteiger partial charge < -0.3 is 4.90 Å². The summed E-state index contributed by atoms with van der Waals surface area (Å²) in [5.41, 5.74) is 12.8. The Morgan fingerprint density at radius 1 is 0.426 bits per heavy atom. The third-order valence-electron chi connectivity index (χ3n) is 8.86. The van der Waals surface area contributed by atoms with E-state index in [1.165, 1.54) is 27.5 Å². The molecule has 0 unspecified atom stereocenters. The summed E-state index contributed by atoms with van der Waals surface area (Å²) in [6.45, 7) is 0. The first-order valence-corrected chi connectivity index (χ1v) is 15.8. The maximum atomic E-state index is 5.10. The fourth-order valence-corrected chi connectivity index (χ4v) is 6.68. The van der Waals surface area contributed by atoms with E-state index in [2.05, 4.69) is 131 Å². The van der Waals surface area contributed by atoms with Crippen LogP contribution in [0.5, 0.6) is 0 Å². The SMILES string of the molecule is c1ccc(-c2cc3c4c(cccc4c2)N(c2cccc(-c4nc(-c5ccccc5)cc(-c5ccccc5)n4)c2)c2cnccc2-3)cc1. The average Bonchev–Trinajstić information content (AvgIpc) is 3.16. The number of benzene rings is 6. The minimum Gasteiger partial charge on any atom is -0.308 e. The molecular formula is C43H28N4. The van der Waals surface area contributed by atoms with Gasteiger partial charge in [0, 0.05) is 39.5 Å². The summed E-state index contributed by atoms with van der Waals surface area (Å²) in [5.74, 6) is 0.682. The first kappa shape index (κ1) is 27.0. The highest BCUT2D eigenvalue weighted by Crippen LogP contribution is 2.51. The minimum atomic E-state index is 0.682. The summed E-state index contributed by atoms with van der Waals surface area (Å²) >= 11 is 0. The topological polar surface area (TPSA) is 41.9 Å². The quantitative estimate of drug-likeness (QED) is 0.197. The van der Waals surface area contributed by atoms with E-state index in [4.69, 9.17) is 9.97 Å². The Labute approximate surface area is 273 Å². The summed E-state index contributed by atoms with van der Waals surface area (Å²) in [4.78, 5) is 17.1. The van der Waals surface area contributed by atoms with Crippen molar-refractivity contribution in [3.63, 3.8) is 0 Å². The van der Waals surface area contributed by atoms with Crippen molar-refractivity contribution in [3.8, 4) is 56.2 Å². The van der Waals surface area contributed by atoms with Crippen molar-refractivity contribution in [2.75, 3.05) is 4.90 Å². The number of hydrogen-bond donors (Lipinski definition) is 0. The fraction of sp³-hybridized carbons (Fsp3) is 0. The molecule has 4 nitrogen and oxygen atoms in total. The maximum absolute atomic E-state index is 5.10. The van der Waals surface area contributed by atoms with Crippen LogP contribution in [0.2, 0.25) is 0 Å². The highest BCUT2D eigenvalue weighted by molar-refractivity contribution is 6.15. The smallest absolute Gasteiger partial charge is 0.160 e. The molecule has 0 saturated carbocycles. The number of nitrogens with zero attached hydrogens (tertiary/aromatic N) is 4. The molecule has 0 fully saturated rings. The van der Waals surface area contributed by atoms with Gasteiger partial charge in [0.25, 0.3) is 0 Å². The molecule has 4 heteroatoms. The standard InChI is InChI=1S/C43H28N4/c1-4-12-29(13-5-1)34-24-32-18-11-21-40-42(32)37(26-34)36-22-23-44-28-41(36)47(40)35-20-10-19-33(25-35)43-45-38(30-14-6-2-7-15-30)27-39(46-43)31-16-8-3-9-17-31/h1-28H. The number of fused-ring (bicyclic) bond motifs is 2. The third-order valence-corrected chi connectivity index (χ3v) is 8.86. The van der Waals surface area contributed by atoms with Crippen molar-refractivity contribution in [1.29, 1.82) is 0 Å². The lowest BCUT2D eigenvalue weighted by Gasteiger charge is -2.33. The van der Waals surface area contributed by atoms with E-state index < -0.39 is 0 Å². The van der Waals surface area contributed by atoms with Crippen LogP contribution < -0.4 is 4.90 Å². The normalized spacial score (nSPS) is 11.8. The molecule has 1 aliphatic heterocycles. The second-order valence-corrected chi connectivity index (χ2v) is 11.7. The second kappa shape index (κ2) is 11.2. The molecule has 0 N–H and O–H groups in total. The molecule has 0 radical (unpaired) electrons. The zero-order valence-corrected chi connectivity index (χ0v) is 25.5. The lowest BCUT2D eigenvalue weighted by atomic mass is 9.88. The van der Waals surface area contributed by atoms with Crippen molar-refractivity contribution in [2.24, 2.45) is 0 Å². The number of rotatable bonds is 5. The summed E-state index contributed by atoms with van der Waals surface area (Å²) in [6, 6.07) is 55.1. The number of anilines is 3. The van der Waals surface area contributed by atoms with Crippen molar-refractivity contribution in [2.45, 2.75) is 0 Å². The Hall–Kier alpha value is -6.39. The molecule has 47 heavy (non-hydrogen) atoms. The van der Waals surface area contributed by atoms with Gasteiger partial charge in [-0.2, -0.15) is 0 Å². The van der Waals surface area contributed by atoms with Crippen LogP contribution in [0.25, 0.3) is 66.9 Å². The van der Waals surface area contributed by atoms with Crippen LogP contribution in [0, 0.1) is 0 Å². The molecule has 1 aliphatic rings. The van der Waals surface area contributed by atoms with Gasteiger partial charge in [0.05, 0.1) is 29.0 Å². The summed E-state index contributed by atoms with van der Waals surface area (Å²) in [7, 11) is 0. The van der Waals surface area contributed by atoms with Gasteiger partial charge in [0.1, 0.15) is 0 Å². The van der Waals surface area contributed by atoms with Gasteiger partial charge in [-0.1, -0.05) is 115 Å². The van der Waals surface area contributed by atoms with Gasteiger partial charge in [-0.3, -0.25) is 4.98 Å². The van der Waals surface area contributed by atoms with Crippen LogP contribution in [-0.2, 0) is 0 Å². The van der Waals surface area contributed by atoms with Gasteiger partial charge >= 0.3 is 0 Å². The van der Waals surface area contributed by atoms with Crippen molar-refractivity contribution < 1.29 is 0 Å². The monoisotopic (exact) mass is 600 g/mol. The van der Waals surface area contributed by atoms with Gasteiger partial charge in [0.15, 0.2) is 5.82 Å². The van der Waals surface area contributed by atoms with E-state index >= 15 is 0 Å². The molecule has 2 aromatic heterocycles. The predicted octanol–water partition coefficient (Wildman–Crippen LogP) is 11.1. The zero-order chi connectivity index (χ0) is 31.2. The Balaban J connectivity index is 1.22. The molecule has 3 heterocycles. The molecule has 8 aromatic rings. The van der Waals surface area contributed by atoms with Crippen LogP contribution in [0.1, 0.15) is 0 Å². The Morgan fingerprint density at radius 2 is 1.06 bits per heavy atom. The maximum Gasteiger partial charge on any atom is 0.160 e. The Morgan fingerprint density at radius 3 is 1.77 bits per heavy atom. The first-order valence-electron chi connectivity index (χ1n) is 15.8. The molecule has 0 atom stereocenters. The molecule has 9 rings (SSSR count). The molecule has 0 aliphatic carbocycles. The van der Waals surface area contributed by atoms with Gasteiger partial charge in [-0.05, 0) is 64.5 Å². The van der Waals surface area contributed by atoms with E-state index in [0.29, 0.717) is 5.82 Å². The molecule has 0 bridgehead atoms. The predicted molar refractivity (Wildman–Crippen MR) is 193 cm³/mol. The molecule has 6 aromatic carbocycles. The highest BCUT2D eigenvalue weighted by atomic mass is 15.2. The summed E-state index contributed by atoms with van der Waals surface area (Å²) in [6.07, 6.45) is 3.86. The van der Waals surface area contributed by atoms with Crippen LogP contribution in [0.15, 0.2) is 170 Å². The molecular weight excluding hydrogens is 573 g/mol. The van der Waals surface area contributed by atoms with Crippen molar-refractivity contribution in [1.82, 2.24) is 15.0 Å². The van der Waals surface area contributed by atoms with E-state index in [9.17, 15) is 0 Å². The zero-order valence-electron chi connectivity index (χ0n) is 25.5. The van der Waals surface area contributed by atoms with Gasteiger partial charge in [0.2, 0.25) is 0 Å². The molecule has 0 spiro atoms. The fourth-order valence-electron chi connectivity index (χ4n) is 6.68. The third kappa shape index (κ3) is 4.75. The van der Waals surface area contributed by atoms with Crippen molar-refractivity contribution >= 4 is 27.8 Å². The lowest BCUT2D eigenvalue weighted by molar-refractivity contribution is 1.18. The molecule has 0 amide bonds. The number of hydrogen-bond acceptors (Lipinski definition) is 4. The first-order chi connectivity index (χ1) is 23.3. The Kier molecular flexibility index (Phi) is 6.43. The van der Waals surface area contributed by atoms with Crippen LogP contribution in [-0.4, -0.2) is 15.0 Å². The van der Waals surface area contributed by atoms with Crippen LogP contribution in [0.3, 0.4) is 0 Å². The summed E-state index contributed by atoms with van der Waals surface area (Å²) < 4.78 is 0. The van der Waals surface area contributed by atoms with Crippen LogP contribution >= 0.6 is 0 Å². The van der Waals surface area contributed by atoms with E-state index in [1.807, 2.05) is 48.8 Å². The van der Waals surface area contributed by atoms with Gasteiger partial charge in [-0.25, -0.2) is 9.97 Å². The molecule has 220 valence electrons. The minimum absolute atomic E-state index is 0.682. The van der Waals surface area contributed by atoms with E-state index in [-0.39, 0.29) is 0 Å². The van der Waals surface area contributed by atoms with Gasteiger partial charge in [-0.15, -0.1) is 0 Å². The summed E-state index contributed by atoms with van der Waals surface area (Å²) in [5, 5.41) is 2.43. The highest BCUT2D eigenvalue weighted by Gasteiger charge is 2.27. The average molecular weight is 601 g/mol. The van der Waals surface area contributed by atoms with E-state index in [1.54, 1.807) is 0 Å². The largest absolute Gasteiger partial charge is 0.308 e.